The first-order chi connectivity index (χ1) is 7.74. The third kappa shape index (κ3) is 2.06. The number of hydrogen-bond donors (Lipinski definition) is 1. The van der Waals surface area contributed by atoms with Gasteiger partial charge in [0.25, 0.3) is 0 Å². The molecule has 2 aromatic heterocycles. The van der Waals surface area contributed by atoms with Gasteiger partial charge in [0.15, 0.2) is 0 Å². The van der Waals surface area contributed by atoms with Crippen LogP contribution in [0.15, 0.2) is 6.07 Å². The van der Waals surface area contributed by atoms with Crippen LogP contribution in [0.3, 0.4) is 0 Å². The number of anilines is 1. The Labute approximate surface area is 98.4 Å². The molecule has 0 aliphatic rings. The molecule has 86 valence electrons. The first kappa shape index (κ1) is 11.1. The molecule has 0 unspecified atom stereocenters. The zero-order chi connectivity index (χ0) is 11.5. The van der Waals surface area contributed by atoms with Crippen molar-refractivity contribution in [1.82, 2.24) is 19.4 Å². The third-order valence-electron chi connectivity index (χ3n) is 2.52. The van der Waals surface area contributed by atoms with E-state index < -0.39 is 0 Å². The first-order valence-electron chi connectivity index (χ1n) is 5.36. The first-order valence-corrected chi connectivity index (χ1v) is 6.14. The lowest BCUT2D eigenvalue weighted by Gasteiger charge is -2.03. The van der Waals surface area contributed by atoms with E-state index in [4.69, 9.17) is 5.73 Å². The highest BCUT2D eigenvalue weighted by Gasteiger charge is 2.10. The predicted molar refractivity (Wildman–Crippen MR) is 64.4 cm³/mol. The number of nitrogens with two attached hydrogens (primary N) is 1. The second kappa shape index (κ2) is 4.61. The number of rotatable bonds is 4. The van der Waals surface area contributed by atoms with Gasteiger partial charge in [0.2, 0.25) is 0 Å². The highest BCUT2D eigenvalue weighted by atomic mass is 32.1. The van der Waals surface area contributed by atoms with E-state index in [2.05, 4.69) is 34.6 Å². The van der Waals surface area contributed by atoms with E-state index in [9.17, 15) is 0 Å². The van der Waals surface area contributed by atoms with Crippen LogP contribution in [0.4, 0.5) is 5.00 Å². The Kier molecular flexibility index (Phi) is 3.19. The molecule has 2 heterocycles. The van der Waals surface area contributed by atoms with Crippen LogP contribution in [0, 0.1) is 0 Å². The minimum Gasteiger partial charge on any atom is -0.388 e. The predicted octanol–water partition coefficient (Wildman–Crippen LogP) is 1.49. The molecule has 0 amide bonds. The fourth-order valence-corrected chi connectivity index (χ4v) is 2.01. The molecule has 0 aliphatic heterocycles. The van der Waals surface area contributed by atoms with Crippen molar-refractivity contribution in [2.24, 2.45) is 0 Å². The molecular formula is C10H15N5S. The Morgan fingerprint density at radius 2 is 2.19 bits per heavy atom. The van der Waals surface area contributed by atoms with Crippen LogP contribution >= 0.6 is 11.5 Å². The summed E-state index contributed by atoms with van der Waals surface area (Å²) in [5, 5.41) is 9.19. The van der Waals surface area contributed by atoms with E-state index in [0.717, 1.165) is 24.2 Å². The van der Waals surface area contributed by atoms with E-state index in [1.807, 2.05) is 4.68 Å². The van der Waals surface area contributed by atoms with Gasteiger partial charge in [0, 0.05) is 17.2 Å². The molecule has 0 atom stereocenters. The Bertz CT molecular complexity index is 473. The van der Waals surface area contributed by atoms with Crippen LogP contribution in [0.2, 0.25) is 0 Å². The van der Waals surface area contributed by atoms with Gasteiger partial charge in [-0.15, -0.1) is 5.10 Å². The van der Waals surface area contributed by atoms with Crippen LogP contribution in [0.25, 0.3) is 0 Å². The van der Waals surface area contributed by atoms with Crippen molar-refractivity contribution in [3.8, 4) is 0 Å². The lowest BCUT2D eigenvalue weighted by Crippen LogP contribution is -2.07. The summed E-state index contributed by atoms with van der Waals surface area (Å²) >= 11 is 1.23. The highest BCUT2D eigenvalue weighted by Crippen LogP contribution is 2.15. The molecule has 0 fully saturated rings. The van der Waals surface area contributed by atoms with Crippen molar-refractivity contribution in [2.75, 3.05) is 5.73 Å². The summed E-state index contributed by atoms with van der Waals surface area (Å²) in [5.74, 6) is 0. The zero-order valence-electron chi connectivity index (χ0n) is 9.47. The largest absolute Gasteiger partial charge is 0.388 e. The van der Waals surface area contributed by atoms with Gasteiger partial charge >= 0.3 is 0 Å². The van der Waals surface area contributed by atoms with Crippen molar-refractivity contribution in [2.45, 2.75) is 33.2 Å². The van der Waals surface area contributed by atoms with Crippen molar-refractivity contribution < 1.29 is 0 Å². The molecule has 6 heteroatoms. The van der Waals surface area contributed by atoms with Crippen molar-refractivity contribution in [3.63, 3.8) is 0 Å². The average molecular weight is 237 g/mol. The maximum Gasteiger partial charge on any atom is 0.132 e. The maximum absolute atomic E-state index is 5.77. The minimum atomic E-state index is 0.617. The van der Waals surface area contributed by atoms with Gasteiger partial charge < -0.3 is 5.73 Å². The Hall–Kier alpha value is -1.43. The Morgan fingerprint density at radius 1 is 1.38 bits per heavy atom. The molecule has 0 aromatic carbocycles. The number of nitrogens with zero attached hydrogens (tertiary/aromatic N) is 4. The fraction of sp³-hybridized carbons (Fsp3) is 0.500. The number of nitrogen functional groups attached to an aromatic ring is 1. The summed E-state index contributed by atoms with van der Waals surface area (Å²) in [5.41, 5.74) is 8.90. The summed E-state index contributed by atoms with van der Waals surface area (Å²) in [6.45, 7) is 4.84. The normalized spacial score (nSPS) is 10.9. The lowest BCUT2D eigenvalue weighted by atomic mass is 10.2. The SMILES string of the molecule is CCc1cc(CC)n(Cc2nnsc2N)n1. The monoisotopic (exact) mass is 237 g/mol. The van der Waals surface area contributed by atoms with Gasteiger partial charge in [0.05, 0.1) is 12.2 Å². The molecule has 2 aromatic rings. The van der Waals surface area contributed by atoms with Crippen LogP contribution in [-0.4, -0.2) is 19.4 Å². The Balaban J connectivity index is 2.26. The quantitative estimate of drug-likeness (QED) is 0.874. The molecule has 0 saturated carbocycles. The summed E-state index contributed by atoms with van der Waals surface area (Å²) in [6.07, 6.45) is 1.91. The van der Waals surface area contributed by atoms with Gasteiger partial charge in [0.1, 0.15) is 10.7 Å². The van der Waals surface area contributed by atoms with E-state index in [1.165, 1.54) is 17.2 Å². The van der Waals surface area contributed by atoms with E-state index in [1.54, 1.807) is 0 Å². The Morgan fingerprint density at radius 3 is 2.75 bits per heavy atom. The van der Waals surface area contributed by atoms with Crippen LogP contribution in [0.1, 0.15) is 30.9 Å². The van der Waals surface area contributed by atoms with E-state index in [0.29, 0.717) is 11.5 Å². The number of hydrogen-bond acceptors (Lipinski definition) is 5. The summed E-state index contributed by atoms with van der Waals surface area (Å²) in [7, 11) is 0. The molecule has 0 saturated heterocycles. The lowest BCUT2D eigenvalue weighted by molar-refractivity contribution is 0.629. The smallest absolute Gasteiger partial charge is 0.132 e. The standard InChI is InChI=1S/C10H15N5S/c1-3-7-5-8(4-2)15(13-7)6-9-10(11)16-14-12-9/h5H,3-4,6,11H2,1-2H3. The molecule has 0 spiro atoms. The molecule has 0 bridgehead atoms. The molecular weight excluding hydrogens is 222 g/mol. The second-order valence-electron chi connectivity index (χ2n) is 3.58. The molecule has 2 rings (SSSR count). The minimum absolute atomic E-state index is 0.617. The molecule has 2 N–H and O–H groups in total. The summed E-state index contributed by atoms with van der Waals surface area (Å²) < 4.78 is 5.79. The molecule has 0 radical (unpaired) electrons. The van der Waals surface area contributed by atoms with Gasteiger partial charge in [-0.25, -0.2) is 0 Å². The second-order valence-corrected chi connectivity index (χ2v) is 4.36. The summed E-state index contributed by atoms with van der Waals surface area (Å²) in [4.78, 5) is 0. The molecule has 16 heavy (non-hydrogen) atoms. The summed E-state index contributed by atoms with van der Waals surface area (Å²) in [6, 6.07) is 2.13. The van der Waals surface area contributed by atoms with Gasteiger partial charge in [-0.2, -0.15) is 5.10 Å². The number of aryl methyl sites for hydroxylation is 2. The van der Waals surface area contributed by atoms with Crippen molar-refractivity contribution in [3.05, 3.63) is 23.1 Å². The van der Waals surface area contributed by atoms with Crippen LogP contribution in [-0.2, 0) is 19.4 Å². The fourth-order valence-electron chi connectivity index (χ4n) is 1.58. The van der Waals surface area contributed by atoms with Crippen LogP contribution < -0.4 is 5.73 Å². The van der Waals surface area contributed by atoms with Crippen molar-refractivity contribution >= 4 is 16.5 Å². The third-order valence-corrected chi connectivity index (χ3v) is 3.12. The van der Waals surface area contributed by atoms with Crippen molar-refractivity contribution in [1.29, 1.82) is 0 Å². The van der Waals surface area contributed by atoms with Gasteiger partial charge in [-0.05, 0) is 18.9 Å². The van der Waals surface area contributed by atoms with Gasteiger partial charge in [-0.1, -0.05) is 18.3 Å². The maximum atomic E-state index is 5.77. The zero-order valence-corrected chi connectivity index (χ0v) is 10.3. The average Bonchev–Trinajstić information content (AvgIpc) is 2.86. The van der Waals surface area contributed by atoms with Crippen LogP contribution in [0.5, 0.6) is 0 Å². The number of aromatic nitrogens is 4. The molecule has 5 nitrogen and oxygen atoms in total. The van der Waals surface area contributed by atoms with E-state index in [-0.39, 0.29) is 0 Å². The van der Waals surface area contributed by atoms with Gasteiger partial charge in [-0.3, -0.25) is 4.68 Å². The highest BCUT2D eigenvalue weighted by molar-refractivity contribution is 7.09. The molecule has 0 aliphatic carbocycles. The van der Waals surface area contributed by atoms with E-state index >= 15 is 0 Å². The topological polar surface area (TPSA) is 69.6 Å².